The Morgan fingerprint density at radius 2 is 2.00 bits per heavy atom. The number of benzene rings is 1. The van der Waals surface area contributed by atoms with Gasteiger partial charge in [0, 0.05) is 16.7 Å². The van der Waals surface area contributed by atoms with Gasteiger partial charge in [0.15, 0.2) is 0 Å². The van der Waals surface area contributed by atoms with Crippen molar-refractivity contribution in [3.63, 3.8) is 0 Å². The van der Waals surface area contributed by atoms with E-state index in [0.29, 0.717) is 10.8 Å². The molecule has 1 atom stereocenters. The predicted molar refractivity (Wildman–Crippen MR) is 71.5 cm³/mol. The van der Waals surface area contributed by atoms with Crippen LogP contribution >= 0.6 is 0 Å². The van der Waals surface area contributed by atoms with Gasteiger partial charge in [-0.05, 0) is 6.07 Å². The SMILES string of the molecule is [O-][n+]1cnn(CC(O)(Cn2cncn2)c2ccc(F)cc2F)c1. The molecule has 0 spiro atoms. The first kappa shape index (κ1) is 15.0. The minimum atomic E-state index is -1.81. The van der Waals surface area contributed by atoms with Crippen molar-refractivity contribution < 1.29 is 18.6 Å². The minimum absolute atomic E-state index is 0.137. The Morgan fingerprint density at radius 3 is 2.61 bits per heavy atom. The lowest BCUT2D eigenvalue weighted by atomic mass is 9.93. The first-order valence-corrected chi connectivity index (χ1v) is 6.58. The van der Waals surface area contributed by atoms with Crippen LogP contribution in [0.1, 0.15) is 5.56 Å². The molecule has 2 aromatic heterocycles. The third-order valence-electron chi connectivity index (χ3n) is 3.31. The first-order chi connectivity index (χ1) is 11.0. The Hall–Kier alpha value is -2.88. The molecule has 3 aromatic rings. The lowest BCUT2D eigenvalue weighted by Crippen LogP contribution is -2.38. The van der Waals surface area contributed by atoms with Crippen molar-refractivity contribution in [2.75, 3.05) is 0 Å². The van der Waals surface area contributed by atoms with Crippen LogP contribution in [0.25, 0.3) is 0 Å². The van der Waals surface area contributed by atoms with Crippen molar-refractivity contribution in [1.29, 1.82) is 0 Å². The molecule has 2 heterocycles. The molecule has 1 N–H and O–H groups in total. The summed E-state index contributed by atoms with van der Waals surface area (Å²) in [4.78, 5) is 3.76. The fourth-order valence-corrected chi connectivity index (χ4v) is 2.33. The van der Waals surface area contributed by atoms with E-state index in [-0.39, 0.29) is 18.7 Å². The van der Waals surface area contributed by atoms with Crippen LogP contribution in [0, 0.1) is 16.8 Å². The van der Waals surface area contributed by atoms with Crippen molar-refractivity contribution in [1.82, 2.24) is 24.5 Å². The molecular formula is C13H12F2N6O2. The molecule has 10 heteroatoms. The average molecular weight is 322 g/mol. The maximum absolute atomic E-state index is 14.1. The molecule has 0 fully saturated rings. The Morgan fingerprint density at radius 1 is 1.22 bits per heavy atom. The Labute approximate surface area is 128 Å². The molecule has 23 heavy (non-hydrogen) atoms. The van der Waals surface area contributed by atoms with Gasteiger partial charge < -0.3 is 10.3 Å². The van der Waals surface area contributed by atoms with Gasteiger partial charge in [-0.2, -0.15) is 5.10 Å². The topological polar surface area (TPSA) is 95.7 Å². The number of rotatable bonds is 5. The number of hydrogen-bond donors (Lipinski definition) is 1. The fourth-order valence-electron chi connectivity index (χ4n) is 2.33. The summed E-state index contributed by atoms with van der Waals surface area (Å²) >= 11 is 0. The molecular weight excluding hydrogens is 310 g/mol. The highest BCUT2D eigenvalue weighted by Gasteiger charge is 2.36. The normalized spacial score (nSPS) is 13.9. The van der Waals surface area contributed by atoms with E-state index in [0.717, 1.165) is 29.5 Å². The van der Waals surface area contributed by atoms with Crippen LogP contribution in [0.15, 0.2) is 43.5 Å². The Balaban J connectivity index is 2.01. The monoisotopic (exact) mass is 322 g/mol. The standard InChI is InChI=1S/C13H12F2N6O2/c14-10-1-2-11(12(15)3-10)13(22,4-19-7-16-6-17-19)5-20-9-21(23)8-18-20/h1-3,6-9,22H,4-5H2. The quantitative estimate of drug-likeness (QED) is 0.526. The van der Waals surface area contributed by atoms with E-state index in [1.807, 2.05) is 0 Å². The molecule has 0 radical (unpaired) electrons. The van der Waals surface area contributed by atoms with Crippen LogP contribution < -0.4 is 4.73 Å². The maximum Gasteiger partial charge on any atom is 0.265 e. The summed E-state index contributed by atoms with van der Waals surface area (Å²) < 4.78 is 30.2. The summed E-state index contributed by atoms with van der Waals surface area (Å²) in [5.74, 6) is -1.67. The van der Waals surface area contributed by atoms with E-state index < -0.39 is 17.2 Å². The predicted octanol–water partition coefficient (Wildman–Crippen LogP) is -0.0258. The number of aromatic nitrogens is 6. The largest absolute Gasteiger partial charge is 0.740 e. The zero-order chi connectivity index (χ0) is 16.4. The highest BCUT2D eigenvalue weighted by Crippen LogP contribution is 2.28. The summed E-state index contributed by atoms with van der Waals surface area (Å²) in [5, 5.41) is 29.7. The van der Waals surface area contributed by atoms with Gasteiger partial charge >= 0.3 is 0 Å². The molecule has 0 aliphatic carbocycles. The number of hydrogen-bond acceptors (Lipinski definition) is 5. The van der Waals surface area contributed by atoms with Crippen LogP contribution in [-0.4, -0.2) is 29.7 Å². The van der Waals surface area contributed by atoms with Gasteiger partial charge in [0.05, 0.1) is 6.54 Å². The summed E-state index contributed by atoms with van der Waals surface area (Å²) in [6, 6.07) is 2.87. The van der Waals surface area contributed by atoms with Crippen LogP contribution in [0.2, 0.25) is 0 Å². The smallest absolute Gasteiger partial charge is 0.265 e. The molecule has 1 unspecified atom stereocenters. The second kappa shape index (κ2) is 5.72. The van der Waals surface area contributed by atoms with Crippen LogP contribution in [0.4, 0.5) is 8.78 Å². The number of nitrogens with zero attached hydrogens (tertiary/aromatic N) is 6. The Bertz CT molecular complexity index is 807. The second-order valence-electron chi connectivity index (χ2n) is 5.05. The van der Waals surface area contributed by atoms with Crippen molar-refractivity contribution in [2.24, 2.45) is 0 Å². The van der Waals surface area contributed by atoms with E-state index in [1.54, 1.807) is 0 Å². The Kier molecular flexibility index (Phi) is 3.74. The van der Waals surface area contributed by atoms with Gasteiger partial charge in [-0.25, -0.2) is 18.4 Å². The van der Waals surface area contributed by atoms with Gasteiger partial charge in [0.1, 0.15) is 36.4 Å². The zero-order valence-electron chi connectivity index (χ0n) is 11.8. The van der Waals surface area contributed by atoms with Crippen molar-refractivity contribution in [3.05, 3.63) is 65.9 Å². The van der Waals surface area contributed by atoms with Gasteiger partial charge in [-0.3, -0.25) is 4.73 Å². The highest BCUT2D eigenvalue weighted by atomic mass is 19.1. The molecule has 3 rings (SSSR count). The summed E-state index contributed by atoms with van der Waals surface area (Å²) in [6.07, 6.45) is 4.70. The van der Waals surface area contributed by atoms with Gasteiger partial charge in [0.2, 0.25) is 6.33 Å². The lowest BCUT2D eigenvalue weighted by Gasteiger charge is -2.26. The van der Waals surface area contributed by atoms with E-state index in [1.165, 1.54) is 17.3 Å². The number of halogens is 2. The van der Waals surface area contributed by atoms with Gasteiger partial charge in [-0.15, -0.1) is 4.68 Å². The van der Waals surface area contributed by atoms with Crippen molar-refractivity contribution >= 4 is 0 Å². The zero-order valence-corrected chi connectivity index (χ0v) is 11.8. The van der Waals surface area contributed by atoms with Crippen molar-refractivity contribution in [2.45, 2.75) is 18.7 Å². The van der Waals surface area contributed by atoms with E-state index >= 15 is 0 Å². The van der Waals surface area contributed by atoms with Gasteiger partial charge in [-0.1, -0.05) is 6.07 Å². The molecule has 0 aliphatic rings. The van der Waals surface area contributed by atoms with E-state index in [2.05, 4.69) is 15.2 Å². The first-order valence-electron chi connectivity index (χ1n) is 6.58. The maximum atomic E-state index is 14.1. The van der Waals surface area contributed by atoms with Gasteiger partial charge in [0.25, 0.3) is 6.33 Å². The van der Waals surface area contributed by atoms with E-state index in [4.69, 9.17) is 0 Å². The van der Waals surface area contributed by atoms with Crippen LogP contribution in [0.5, 0.6) is 0 Å². The summed E-state index contributed by atoms with van der Waals surface area (Å²) in [6.45, 7) is -0.390. The molecule has 0 amide bonds. The highest BCUT2D eigenvalue weighted by molar-refractivity contribution is 5.25. The minimum Gasteiger partial charge on any atom is -0.740 e. The molecule has 120 valence electrons. The van der Waals surface area contributed by atoms with Crippen molar-refractivity contribution in [3.8, 4) is 0 Å². The molecule has 0 saturated heterocycles. The summed E-state index contributed by atoms with van der Waals surface area (Å²) in [7, 11) is 0. The molecule has 0 aliphatic heterocycles. The lowest BCUT2D eigenvalue weighted by molar-refractivity contribution is -0.606. The van der Waals surface area contributed by atoms with Crippen LogP contribution in [-0.2, 0) is 18.7 Å². The third kappa shape index (κ3) is 3.16. The fraction of sp³-hybridized carbons (Fsp3) is 0.231. The second-order valence-corrected chi connectivity index (χ2v) is 5.05. The molecule has 1 aromatic carbocycles. The third-order valence-corrected chi connectivity index (χ3v) is 3.31. The van der Waals surface area contributed by atoms with Crippen LogP contribution in [0.3, 0.4) is 0 Å². The average Bonchev–Trinajstić information content (AvgIpc) is 3.10. The van der Waals surface area contributed by atoms with E-state index in [9.17, 15) is 19.1 Å². The number of aliphatic hydroxyl groups is 1. The molecule has 0 saturated carbocycles. The molecule has 8 nitrogen and oxygen atoms in total. The molecule has 0 bridgehead atoms. The summed E-state index contributed by atoms with van der Waals surface area (Å²) in [5.41, 5.74) is -1.95.